The number of benzene rings is 2. The van der Waals surface area contributed by atoms with Crippen molar-refractivity contribution >= 4 is 11.9 Å². The van der Waals surface area contributed by atoms with Gasteiger partial charge in [-0.05, 0) is 30.5 Å². The first-order valence-corrected chi connectivity index (χ1v) is 9.39. The first kappa shape index (κ1) is 41.7. The fourth-order valence-corrected chi connectivity index (χ4v) is 2.22. The van der Waals surface area contributed by atoms with Gasteiger partial charge in [0.2, 0.25) is 0 Å². The van der Waals surface area contributed by atoms with Crippen LogP contribution in [0.3, 0.4) is 0 Å². The van der Waals surface area contributed by atoms with Gasteiger partial charge in [0, 0.05) is 25.0 Å². The molecule has 0 unspecified atom stereocenters. The number of ether oxygens (including phenoxy) is 1. The average Bonchev–Trinajstić information content (AvgIpc) is 2.76. The predicted octanol–water partition coefficient (Wildman–Crippen LogP) is 1.44. The molecule has 0 fully saturated rings. The van der Waals surface area contributed by atoms with Crippen LogP contribution < -0.4 is 14.9 Å². The van der Waals surface area contributed by atoms with Crippen LogP contribution in [0.1, 0.15) is 24.5 Å². The molecular weight excluding hydrogens is 716 g/mol. The monoisotopic (exact) mass is 737 g/mol. The van der Waals surface area contributed by atoms with Crippen molar-refractivity contribution in [2.75, 3.05) is 20.2 Å². The van der Waals surface area contributed by atoms with E-state index in [9.17, 15) is 10.2 Å². The van der Waals surface area contributed by atoms with Gasteiger partial charge >= 0.3 is 55.2 Å². The Labute approximate surface area is 256 Å². The van der Waals surface area contributed by atoms with Gasteiger partial charge in [0.15, 0.2) is 0 Å². The van der Waals surface area contributed by atoms with Gasteiger partial charge < -0.3 is 60.9 Å². The molecule has 0 saturated carbocycles. The van der Waals surface area contributed by atoms with Crippen molar-refractivity contribution in [2.45, 2.75) is 13.3 Å². The molecule has 0 saturated heterocycles. The predicted molar refractivity (Wildman–Crippen MR) is 124 cm³/mol. The first-order chi connectivity index (χ1) is 16.8. The quantitative estimate of drug-likeness (QED) is 0.128. The van der Waals surface area contributed by atoms with Crippen LogP contribution in [-0.2, 0) is 17.1 Å². The van der Waals surface area contributed by atoms with Gasteiger partial charge in [0.1, 0.15) is 5.75 Å². The normalized spacial score (nSPS) is 9.37. The summed E-state index contributed by atoms with van der Waals surface area (Å²) in [6.07, 6.45) is 2.31. The van der Waals surface area contributed by atoms with Crippen molar-refractivity contribution in [1.82, 2.24) is 0 Å². The third-order valence-corrected chi connectivity index (χ3v) is 3.53. The number of hydrogen-bond acceptors (Lipinski definition) is 14. The van der Waals surface area contributed by atoms with Crippen LogP contribution in [0.15, 0.2) is 52.4 Å². The summed E-state index contributed by atoms with van der Waals surface area (Å²) >= 11 is 0. The minimum atomic E-state index is -1.75. The van der Waals surface area contributed by atoms with Crippen LogP contribution in [0.5, 0.6) is 17.2 Å². The van der Waals surface area contributed by atoms with Crippen molar-refractivity contribution in [3.05, 3.63) is 99.6 Å². The van der Waals surface area contributed by atoms with Gasteiger partial charge in [-0.3, -0.25) is 9.98 Å². The SMILES string of the molecule is COc1cccc(C=NCCCN=C(C)c2ccccc2[O-])c1[O-].O=[N+]([O-])[O-].O=[N+]([O-])[O-].O=[N+]([O-])[O-].[Cu+2].[Dy+3]. The second-order valence-corrected chi connectivity index (χ2v) is 5.90. The molecule has 214 valence electrons. The first-order valence-electron chi connectivity index (χ1n) is 9.39. The average molecular weight is 736 g/mol. The zero-order valence-corrected chi connectivity index (χ0v) is 22.5. The van der Waals surface area contributed by atoms with Crippen LogP contribution in [0.25, 0.3) is 0 Å². The van der Waals surface area contributed by atoms with Gasteiger partial charge in [-0.15, -0.1) is 0 Å². The summed E-state index contributed by atoms with van der Waals surface area (Å²) in [6, 6.07) is 12.0. The molecule has 0 bridgehead atoms. The molecule has 17 nitrogen and oxygen atoms in total. The van der Waals surface area contributed by atoms with E-state index < -0.39 is 15.3 Å². The number of rotatable bonds is 7. The Morgan fingerprint density at radius 1 is 0.868 bits per heavy atom. The molecule has 2 rings (SSSR count). The van der Waals surface area contributed by atoms with Crippen molar-refractivity contribution < 1.29 is 85.5 Å². The van der Waals surface area contributed by atoms with E-state index in [0.717, 1.165) is 12.1 Å². The Kier molecular flexibility index (Phi) is 27.7. The van der Waals surface area contributed by atoms with E-state index in [1.807, 2.05) is 13.0 Å². The summed E-state index contributed by atoms with van der Waals surface area (Å²) in [4.78, 5) is 33.4. The molecule has 19 heteroatoms. The second kappa shape index (κ2) is 25.2. The molecule has 2 aromatic rings. The van der Waals surface area contributed by atoms with E-state index in [1.165, 1.54) is 13.2 Å². The molecule has 0 amide bonds. The third kappa shape index (κ3) is 24.3. The van der Waals surface area contributed by atoms with E-state index in [1.54, 1.807) is 36.5 Å². The standard InChI is InChI=1S/C19H22N2O3.Cu.Dy.3NO3/c1-14(16-8-3-4-9-17(16)22)21-12-6-11-20-13-15-7-5-10-18(24-2)19(15)23;;;3*2-1(3)4/h3-5,7-10,13,22-23H,6,11-12H2,1-2H3;;;;;/q;+2;+3;3*-1/p-2. The van der Waals surface area contributed by atoms with E-state index in [2.05, 4.69) is 9.98 Å². The molecule has 0 aliphatic rings. The van der Waals surface area contributed by atoms with Gasteiger partial charge in [-0.2, -0.15) is 0 Å². The number of para-hydroxylation sites is 2. The Hall–Kier alpha value is -3.43. The molecule has 0 aliphatic heterocycles. The summed E-state index contributed by atoms with van der Waals surface area (Å²) < 4.78 is 4.99. The van der Waals surface area contributed by atoms with Gasteiger partial charge in [0.05, 0.1) is 22.4 Å². The van der Waals surface area contributed by atoms with Crippen molar-refractivity contribution in [1.29, 1.82) is 0 Å². The van der Waals surface area contributed by atoms with Crippen LogP contribution in [-0.4, -0.2) is 47.4 Å². The molecule has 0 spiro atoms. The van der Waals surface area contributed by atoms with Crippen LogP contribution in [0.4, 0.5) is 0 Å². The van der Waals surface area contributed by atoms with E-state index in [4.69, 9.17) is 50.7 Å². The number of hydrogen-bond donors (Lipinski definition) is 0. The Bertz CT molecular complexity index is 1000. The minimum absolute atomic E-state index is 0. The zero-order chi connectivity index (χ0) is 28.1. The van der Waals surface area contributed by atoms with Crippen molar-refractivity contribution in [3.8, 4) is 17.2 Å². The Balaban J connectivity index is -0.000000349. The molecule has 0 N–H and O–H groups in total. The van der Waals surface area contributed by atoms with Crippen LogP contribution >= 0.6 is 0 Å². The number of methoxy groups -OCH3 is 1. The Morgan fingerprint density at radius 3 is 1.84 bits per heavy atom. The maximum absolute atomic E-state index is 11.9. The van der Waals surface area contributed by atoms with Gasteiger partial charge in [-0.25, -0.2) is 0 Å². The summed E-state index contributed by atoms with van der Waals surface area (Å²) in [5.41, 5.74) is 1.88. The van der Waals surface area contributed by atoms with E-state index in [0.29, 0.717) is 30.0 Å². The molecule has 0 heterocycles. The second-order valence-electron chi connectivity index (χ2n) is 5.90. The molecule has 2 radical (unpaired) electrons. The smallest absolute Gasteiger partial charge is 0.872 e. The molecule has 38 heavy (non-hydrogen) atoms. The van der Waals surface area contributed by atoms with E-state index in [-0.39, 0.29) is 66.7 Å². The fraction of sp³-hybridized carbons (Fsp3) is 0.263. The maximum atomic E-state index is 11.9. The van der Waals surface area contributed by atoms with Gasteiger partial charge in [-0.1, -0.05) is 47.9 Å². The summed E-state index contributed by atoms with van der Waals surface area (Å²) in [5.74, 6) is 0.137. The maximum Gasteiger partial charge on any atom is 3.00 e. The number of aliphatic imine (C=N–C) groups is 2. The molecule has 0 aromatic heterocycles. The minimum Gasteiger partial charge on any atom is -0.872 e. The molecule has 0 atom stereocenters. The summed E-state index contributed by atoms with van der Waals surface area (Å²) in [5, 5.41) is 67.9. The van der Waals surface area contributed by atoms with E-state index >= 15 is 0 Å². The third-order valence-electron chi connectivity index (χ3n) is 3.53. The van der Waals surface area contributed by atoms with Crippen LogP contribution in [0, 0.1) is 84.1 Å². The van der Waals surface area contributed by atoms with Crippen molar-refractivity contribution in [3.63, 3.8) is 0 Å². The Morgan fingerprint density at radius 2 is 1.37 bits per heavy atom. The summed E-state index contributed by atoms with van der Waals surface area (Å²) in [7, 11) is 1.47. The zero-order valence-electron chi connectivity index (χ0n) is 19.5. The van der Waals surface area contributed by atoms with Gasteiger partial charge in [0.25, 0.3) is 0 Å². The summed E-state index contributed by atoms with van der Waals surface area (Å²) in [6.45, 7) is 2.98. The molecule has 2 aromatic carbocycles. The number of nitrogens with zero attached hydrogens (tertiary/aromatic N) is 5. The van der Waals surface area contributed by atoms with Crippen molar-refractivity contribution in [2.24, 2.45) is 9.98 Å². The largest absolute Gasteiger partial charge is 3.00 e. The van der Waals surface area contributed by atoms with Crippen LogP contribution in [0.2, 0.25) is 0 Å². The molecule has 0 aliphatic carbocycles. The topological polar surface area (TPSA) is 279 Å². The fourth-order valence-electron chi connectivity index (χ4n) is 2.22. The molecular formula is C19H20CuDyN5O12.